The molecule has 0 amide bonds. The van der Waals surface area contributed by atoms with Crippen LogP contribution in [0.4, 0.5) is 0 Å². The summed E-state index contributed by atoms with van der Waals surface area (Å²) >= 11 is 0. The van der Waals surface area contributed by atoms with Gasteiger partial charge in [-0.3, -0.25) is 4.79 Å². The van der Waals surface area contributed by atoms with Crippen LogP contribution in [0.1, 0.15) is 61.9 Å². The van der Waals surface area contributed by atoms with Crippen LogP contribution in [0.25, 0.3) is 0 Å². The van der Waals surface area contributed by atoms with E-state index in [4.69, 9.17) is 9.47 Å². The highest BCUT2D eigenvalue weighted by atomic mass is 16.5. The van der Waals surface area contributed by atoms with Crippen molar-refractivity contribution < 1.29 is 28.4 Å². The summed E-state index contributed by atoms with van der Waals surface area (Å²) in [6.07, 6.45) is 3.51. The number of ether oxygens (including phenoxy) is 2. The second-order valence-corrected chi connectivity index (χ2v) is 6.87. The zero-order valence-corrected chi connectivity index (χ0v) is 17.8. The molecule has 0 spiro atoms. The normalized spacial score (nSPS) is 10.5. The fourth-order valence-electron chi connectivity index (χ4n) is 3.32. The predicted molar refractivity (Wildman–Crippen MR) is 113 cm³/mol. The van der Waals surface area contributed by atoms with Crippen molar-refractivity contribution in [2.24, 2.45) is 0 Å². The highest BCUT2D eigenvalue weighted by Gasteiger charge is 2.27. The van der Waals surface area contributed by atoms with Gasteiger partial charge in [-0.15, -0.1) is 0 Å². The van der Waals surface area contributed by atoms with Crippen molar-refractivity contribution in [2.75, 3.05) is 13.2 Å². The molecular formula is C24H25N2O5+. The van der Waals surface area contributed by atoms with Crippen LogP contribution in [-0.4, -0.2) is 35.9 Å². The summed E-state index contributed by atoms with van der Waals surface area (Å²) in [5.74, 6) is -1.09. The number of aromatic amines is 1. The van der Waals surface area contributed by atoms with Crippen LogP contribution in [0.5, 0.6) is 0 Å². The average Bonchev–Trinajstić information content (AvgIpc) is 3.10. The first-order valence-electron chi connectivity index (χ1n) is 10.1. The number of hydrogen-bond acceptors (Lipinski definition) is 5. The zero-order chi connectivity index (χ0) is 22.4. The second-order valence-electron chi connectivity index (χ2n) is 6.87. The highest BCUT2D eigenvalue weighted by Crippen LogP contribution is 2.21. The molecule has 7 heteroatoms. The number of esters is 2. The van der Waals surface area contributed by atoms with Crippen molar-refractivity contribution in [2.45, 2.75) is 27.3 Å². The first kappa shape index (κ1) is 22.0. The number of aromatic nitrogens is 2. The fraction of sp³-hybridized carbons (Fsp3) is 0.250. The molecule has 0 aliphatic heterocycles. The van der Waals surface area contributed by atoms with Gasteiger partial charge in [0.05, 0.1) is 24.5 Å². The summed E-state index contributed by atoms with van der Waals surface area (Å²) in [5, 5.41) is 0. The Morgan fingerprint density at radius 3 is 2.06 bits per heavy atom. The molecular weight excluding hydrogens is 396 g/mol. The molecule has 1 aromatic carbocycles. The van der Waals surface area contributed by atoms with E-state index in [0.717, 1.165) is 0 Å². The van der Waals surface area contributed by atoms with E-state index in [1.54, 1.807) is 57.4 Å². The fourth-order valence-corrected chi connectivity index (χ4v) is 3.32. The van der Waals surface area contributed by atoms with E-state index in [1.165, 1.54) is 0 Å². The average molecular weight is 421 g/mol. The van der Waals surface area contributed by atoms with E-state index >= 15 is 0 Å². The maximum Gasteiger partial charge on any atom is 0.355 e. The molecule has 31 heavy (non-hydrogen) atoms. The number of pyridine rings is 1. The first-order valence-corrected chi connectivity index (χ1v) is 10.1. The first-order chi connectivity index (χ1) is 15.0. The van der Waals surface area contributed by atoms with Crippen LogP contribution in [0.3, 0.4) is 0 Å². The summed E-state index contributed by atoms with van der Waals surface area (Å²) in [7, 11) is 0. The molecule has 2 aromatic heterocycles. The van der Waals surface area contributed by atoms with Gasteiger partial charge in [-0.1, -0.05) is 30.3 Å². The smallest absolute Gasteiger partial charge is 0.355 e. The molecule has 0 unspecified atom stereocenters. The molecule has 0 saturated carbocycles. The summed E-state index contributed by atoms with van der Waals surface area (Å²) in [6.45, 7) is 5.87. The summed E-state index contributed by atoms with van der Waals surface area (Å²) in [4.78, 5) is 40.4. The van der Waals surface area contributed by atoms with Gasteiger partial charge >= 0.3 is 11.9 Å². The van der Waals surface area contributed by atoms with Gasteiger partial charge in [0, 0.05) is 23.3 Å². The molecule has 0 fully saturated rings. The Balaban J connectivity index is 1.89. The maximum absolute atomic E-state index is 12.6. The molecule has 0 aliphatic rings. The van der Waals surface area contributed by atoms with Gasteiger partial charge in [0.25, 0.3) is 0 Å². The highest BCUT2D eigenvalue weighted by molar-refractivity contribution is 6.08. The van der Waals surface area contributed by atoms with Gasteiger partial charge in [-0.05, 0) is 26.3 Å². The molecule has 7 nitrogen and oxygen atoms in total. The molecule has 2 heterocycles. The zero-order valence-electron chi connectivity index (χ0n) is 17.8. The Kier molecular flexibility index (Phi) is 6.97. The van der Waals surface area contributed by atoms with Crippen molar-refractivity contribution in [1.82, 2.24) is 4.98 Å². The number of nitrogens with one attached hydrogen (secondary N) is 1. The van der Waals surface area contributed by atoms with Crippen LogP contribution < -0.4 is 4.57 Å². The van der Waals surface area contributed by atoms with E-state index < -0.39 is 11.9 Å². The third kappa shape index (κ3) is 4.88. The Labute approximate surface area is 180 Å². The minimum Gasteiger partial charge on any atom is -0.462 e. The quantitative estimate of drug-likeness (QED) is 0.343. The lowest BCUT2D eigenvalue weighted by Crippen LogP contribution is -2.34. The number of rotatable bonds is 8. The standard InChI is InChI=1S/C24H24N2O5/c1-4-30-23(28)20-16(3)21(24(29)31-5-2)25-19(20)15-26-13-11-18(12-14-26)22(27)17-9-7-6-8-10-17/h6-14H,4-5,15H2,1-3H3/p+1. The lowest BCUT2D eigenvalue weighted by Gasteiger charge is -2.04. The van der Waals surface area contributed by atoms with Gasteiger partial charge in [0.1, 0.15) is 5.69 Å². The van der Waals surface area contributed by atoms with Gasteiger partial charge in [-0.2, -0.15) is 4.57 Å². The number of carbonyl (C=O) groups is 3. The number of ketones is 1. The molecule has 0 bridgehead atoms. The Morgan fingerprint density at radius 1 is 0.871 bits per heavy atom. The topological polar surface area (TPSA) is 89.3 Å². The minimum atomic E-state index is -0.523. The summed E-state index contributed by atoms with van der Waals surface area (Å²) in [6, 6.07) is 12.5. The van der Waals surface area contributed by atoms with E-state index in [2.05, 4.69) is 4.98 Å². The van der Waals surface area contributed by atoms with Crippen LogP contribution in [0.15, 0.2) is 54.9 Å². The van der Waals surface area contributed by atoms with Crippen LogP contribution in [0, 0.1) is 6.92 Å². The largest absolute Gasteiger partial charge is 0.462 e. The SMILES string of the molecule is CCOC(=O)c1[nH]c(C[n+]2ccc(C(=O)c3ccccc3)cc2)c(C(=O)OCC)c1C. The van der Waals surface area contributed by atoms with Gasteiger partial charge in [-0.25, -0.2) is 9.59 Å². The van der Waals surface area contributed by atoms with Gasteiger partial charge < -0.3 is 14.5 Å². The Morgan fingerprint density at radius 2 is 1.45 bits per heavy atom. The molecule has 0 aliphatic carbocycles. The molecule has 0 atom stereocenters. The second kappa shape index (κ2) is 9.84. The number of benzene rings is 1. The molecule has 160 valence electrons. The Bertz CT molecular complexity index is 1090. The maximum atomic E-state index is 12.6. The van der Waals surface area contributed by atoms with Crippen molar-refractivity contribution >= 4 is 17.7 Å². The predicted octanol–water partition coefficient (Wildman–Crippen LogP) is 3.24. The number of carbonyl (C=O) groups excluding carboxylic acids is 3. The molecule has 0 saturated heterocycles. The number of H-pyrrole nitrogens is 1. The van der Waals surface area contributed by atoms with Crippen molar-refractivity contribution in [3.05, 3.63) is 88.5 Å². The summed E-state index contributed by atoms with van der Waals surface area (Å²) < 4.78 is 12.1. The van der Waals surface area contributed by atoms with E-state index in [-0.39, 0.29) is 31.2 Å². The van der Waals surface area contributed by atoms with Crippen LogP contribution in [0.2, 0.25) is 0 Å². The monoisotopic (exact) mass is 421 g/mol. The van der Waals surface area contributed by atoms with Crippen molar-refractivity contribution in [1.29, 1.82) is 0 Å². The lowest BCUT2D eigenvalue weighted by atomic mass is 10.0. The Hall–Kier alpha value is -3.74. The summed E-state index contributed by atoms with van der Waals surface area (Å²) in [5.41, 5.74) is 2.75. The molecule has 0 radical (unpaired) electrons. The van der Waals surface area contributed by atoms with Gasteiger partial charge in [0.2, 0.25) is 0 Å². The minimum absolute atomic E-state index is 0.0692. The number of hydrogen-bond donors (Lipinski definition) is 1. The van der Waals surface area contributed by atoms with Crippen LogP contribution >= 0.6 is 0 Å². The number of nitrogens with zero attached hydrogens (tertiary/aromatic N) is 1. The van der Waals surface area contributed by atoms with E-state index in [1.807, 2.05) is 22.8 Å². The molecule has 3 rings (SSSR count). The van der Waals surface area contributed by atoms with E-state index in [0.29, 0.717) is 27.9 Å². The van der Waals surface area contributed by atoms with Crippen molar-refractivity contribution in [3.8, 4) is 0 Å². The lowest BCUT2D eigenvalue weighted by molar-refractivity contribution is -0.688. The molecule has 1 N–H and O–H groups in total. The van der Waals surface area contributed by atoms with Crippen LogP contribution in [-0.2, 0) is 16.0 Å². The third-order valence-electron chi connectivity index (χ3n) is 4.82. The van der Waals surface area contributed by atoms with Gasteiger partial charge in [0.15, 0.2) is 24.7 Å². The van der Waals surface area contributed by atoms with Crippen molar-refractivity contribution in [3.63, 3.8) is 0 Å². The third-order valence-corrected chi connectivity index (χ3v) is 4.82. The van der Waals surface area contributed by atoms with E-state index in [9.17, 15) is 14.4 Å². The molecule has 3 aromatic rings.